The summed E-state index contributed by atoms with van der Waals surface area (Å²) < 4.78 is 60.7. The first kappa shape index (κ1) is 31.0. The molecule has 1 aromatic rings. The fraction of sp³-hybridized carbons (Fsp3) is 0.577. The second-order valence-electron chi connectivity index (χ2n) is 10.5. The van der Waals surface area contributed by atoms with Gasteiger partial charge in [0.05, 0.1) is 12.6 Å². The molecule has 38 heavy (non-hydrogen) atoms. The molecule has 2 heterocycles. The number of allylic oxidation sites excluding steroid dienone is 1. The molecule has 1 amide bonds. The molecule has 1 fully saturated rings. The highest BCUT2D eigenvalue weighted by Crippen LogP contribution is 2.38. The van der Waals surface area contributed by atoms with E-state index in [1.807, 2.05) is 45.9 Å². The van der Waals surface area contributed by atoms with Crippen LogP contribution in [0, 0.1) is 16.7 Å². The summed E-state index contributed by atoms with van der Waals surface area (Å²) in [5, 5.41) is 20.0. The number of alkyl halides is 5. The van der Waals surface area contributed by atoms with Crippen LogP contribution < -0.4 is 15.3 Å². The lowest BCUT2D eigenvalue weighted by Gasteiger charge is -2.41. The highest BCUT2D eigenvalue weighted by atomic mass is 19.4. The Morgan fingerprint density at radius 2 is 1.87 bits per heavy atom. The highest BCUT2D eigenvalue weighted by molar-refractivity contribution is 5.97. The molecule has 2 aliphatic heterocycles. The van der Waals surface area contributed by atoms with Crippen molar-refractivity contribution in [3.63, 3.8) is 0 Å². The van der Waals surface area contributed by atoms with Gasteiger partial charge >= 0.3 is 12.1 Å². The third kappa shape index (κ3) is 7.43. The van der Waals surface area contributed by atoms with Crippen LogP contribution in [0.2, 0.25) is 0 Å². The summed E-state index contributed by atoms with van der Waals surface area (Å²) in [5.74, 6) is -6.03. The number of benzene rings is 1. The number of anilines is 1. The van der Waals surface area contributed by atoms with E-state index in [-0.39, 0.29) is 29.5 Å². The second-order valence-corrected chi connectivity index (χ2v) is 10.5. The number of fused-ring (bicyclic) bond motifs is 1. The van der Waals surface area contributed by atoms with Crippen molar-refractivity contribution in [2.75, 3.05) is 31.6 Å². The van der Waals surface area contributed by atoms with E-state index in [0.717, 1.165) is 16.8 Å². The number of halogens is 5. The molecule has 3 rings (SSSR count). The van der Waals surface area contributed by atoms with Crippen LogP contribution in [0.25, 0.3) is 0 Å². The molecule has 2 atom stereocenters. The molecule has 0 bridgehead atoms. The number of carboxylic acid groups (broad SMARTS) is 1. The van der Waals surface area contributed by atoms with Crippen molar-refractivity contribution in [1.29, 1.82) is 5.26 Å². The number of amides is 1. The predicted molar refractivity (Wildman–Crippen MR) is 128 cm³/mol. The van der Waals surface area contributed by atoms with Crippen molar-refractivity contribution < 1.29 is 42.0 Å². The van der Waals surface area contributed by atoms with Crippen LogP contribution in [0.4, 0.5) is 27.6 Å². The van der Waals surface area contributed by atoms with Crippen molar-refractivity contribution in [2.45, 2.75) is 64.7 Å². The molecule has 1 saturated heterocycles. The summed E-state index contributed by atoms with van der Waals surface area (Å²) in [7, 11) is 1.75. The summed E-state index contributed by atoms with van der Waals surface area (Å²) in [6.45, 7) is 8.75. The number of carbonyl (C=O) groups excluding carboxylic acids is 2. The number of aliphatic carboxylic acids is 1. The Bertz CT molecular complexity index is 1110. The van der Waals surface area contributed by atoms with Gasteiger partial charge in [-0.1, -0.05) is 39.0 Å². The average molecular weight is 545 g/mol. The number of carboxylic acids is 1. The third-order valence-electron chi connectivity index (χ3n) is 6.52. The zero-order valence-electron chi connectivity index (χ0n) is 22.0. The number of hydrogen-bond acceptors (Lipinski definition) is 5. The van der Waals surface area contributed by atoms with Gasteiger partial charge in [0.1, 0.15) is 30.2 Å². The molecule has 0 aliphatic carbocycles. The minimum absolute atomic E-state index is 0.147. The Hall–Kier alpha value is -3.20. The molecular weight excluding hydrogens is 511 g/mol. The van der Waals surface area contributed by atoms with Crippen molar-refractivity contribution in [2.24, 2.45) is 5.41 Å². The van der Waals surface area contributed by atoms with Crippen LogP contribution in [0.15, 0.2) is 29.8 Å². The Morgan fingerprint density at radius 3 is 2.37 bits per heavy atom. The fourth-order valence-electron chi connectivity index (χ4n) is 4.75. The first-order valence-corrected chi connectivity index (χ1v) is 12.2. The first-order chi connectivity index (χ1) is 17.4. The van der Waals surface area contributed by atoms with E-state index in [2.05, 4.69) is 6.07 Å². The Labute approximate surface area is 218 Å². The van der Waals surface area contributed by atoms with E-state index in [9.17, 15) is 32.0 Å². The van der Waals surface area contributed by atoms with Crippen molar-refractivity contribution in [1.82, 2.24) is 4.90 Å². The summed E-state index contributed by atoms with van der Waals surface area (Å²) in [6.07, 6.45) is -2.48. The number of nitrogens with zero attached hydrogens (tertiary/aromatic N) is 3. The number of rotatable bonds is 3. The largest absolute Gasteiger partial charge is 0.542 e. The Balaban J connectivity index is 0.000000638. The number of nitrogens with two attached hydrogens (primary N) is 1. The molecule has 12 heteroatoms. The van der Waals surface area contributed by atoms with Gasteiger partial charge in [-0.2, -0.15) is 27.2 Å². The molecule has 0 saturated carbocycles. The Morgan fingerprint density at radius 1 is 1.26 bits per heavy atom. The van der Waals surface area contributed by atoms with Crippen molar-refractivity contribution >= 4 is 17.6 Å². The van der Waals surface area contributed by atoms with Crippen molar-refractivity contribution in [3.8, 4) is 6.07 Å². The topological polar surface area (TPSA) is 104 Å². The predicted octanol–water partition coefficient (Wildman–Crippen LogP) is 2.33. The maximum absolute atomic E-state index is 14.6. The normalized spacial score (nSPS) is 21.4. The fourth-order valence-corrected chi connectivity index (χ4v) is 4.75. The lowest BCUT2D eigenvalue weighted by atomic mass is 9.89. The minimum atomic E-state index is -5.19. The number of quaternary nitrogens is 1. The molecule has 2 N–H and O–H groups in total. The molecule has 7 nitrogen and oxygen atoms in total. The van der Waals surface area contributed by atoms with Crippen LogP contribution >= 0.6 is 0 Å². The van der Waals surface area contributed by atoms with Crippen LogP contribution in [0.3, 0.4) is 0 Å². The molecule has 0 spiro atoms. The Kier molecular flexibility index (Phi) is 9.53. The van der Waals surface area contributed by atoms with Crippen LogP contribution in [0.5, 0.6) is 0 Å². The second kappa shape index (κ2) is 11.7. The zero-order chi connectivity index (χ0) is 29.1. The lowest BCUT2D eigenvalue weighted by molar-refractivity contribution is -0.681. The van der Waals surface area contributed by atoms with Crippen LogP contribution in [-0.2, 0) is 16.0 Å². The zero-order valence-corrected chi connectivity index (χ0v) is 22.0. The van der Waals surface area contributed by atoms with Gasteiger partial charge in [0, 0.05) is 25.7 Å². The molecule has 210 valence electrons. The van der Waals surface area contributed by atoms with Gasteiger partial charge in [-0.3, -0.25) is 4.79 Å². The number of carbonyl (C=O) groups is 2. The molecule has 0 aromatic heterocycles. The van der Waals surface area contributed by atoms with Crippen LogP contribution in [0.1, 0.15) is 51.3 Å². The summed E-state index contributed by atoms with van der Waals surface area (Å²) in [4.78, 5) is 25.3. The van der Waals surface area contributed by atoms with Gasteiger partial charge in [0.15, 0.2) is 0 Å². The molecule has 2 unspecified atom stereocenters. The molecule has 2 aliphatic rings. The van der Waals surface area contributed by atoms with Crippen molar-refractivity contribution in [3.05, 3.63) is 41.0 Å². The molecule has 1 aromatic carbocycles. The number of nitriles is 1. The first-order valence-electron chi connectivity index (χ1n) is 12.2. The van der Waals surface area contributed by atoms with Gasteiger partial charge in [0.2, 0.25) is 0 Å². The quantitative estimate of drug-likeness (QED) is 0.358. The van der Waals surface area contributed by atoms with E-state index in [1.54, 1.807) is 28.2 Å². The monoisotopic (exact) mass is 544 g/mol. The highest BCUT2D eigenvalue weighted by Gasteiger charge is 2.47. The molecular formula is C26H33F5N4O3. The van der Waals surface area contributed by atoms with Gasteiger partial charge in [-0.25, -0.2) is 0 Å². The van der Waals surface area contributed by atoms with Gasteiger partial charge < -0.3 is 25.0 Å². The standard InChI is InChI=1S/C24H32F2N4O.C2HF3O2/c1-16-18-7-6-8-20(29(5)21-9-11-28-15-24(21,25)26)19(18)10-12-30(16)22(31)17(14-27)13-23(2,3)4;3-2(4,5)1(6)7/h6-8,13,16,21,28H,9-12,15H2,1-5H3;(H,6,7). The summed E-state index contributed by atoms with van der Waals surface area (Å²) in [5.41, 5.74) is 2.66. The van der Waals surface area contributed by atoms with E-state index in [1.165, 1.54) is 0 Å². The van der Waals surface area contributed by atoms with E-state index < -0.39 is 24.1 Å². The van der Waals surface area contributed by atoms with E-state index in [0.29, 0.717) is 25.9 Å². The number of piperidine rings is 1. The van der Waals surface area contributed by atoms with E-state index >= 15 is 0 Å². The summed E-state index contributed by atoms with van der Waals surface area (Å²) >= 11 is 0. The maximum atomic E-state index is 14.6. The third-order valence-corrected chi connectivity index (χ3v) is 6.52. The van der Waals surface area contributed by atoms with Gasteiger partial charge in [-0.05, 0) is 36.0 Å². The van der Waals surface area contributed by atoms with E-state index in [4.69, 9.17) is 9.90 Å². The smallest absolute Gasteiger partial charge is 0.430 e. The van der Waals surface area contributed by atoms with Crippen LogP contribution in [-0.4, -0.2) is 61.6 Å². The SMILES string of the molecule is CC1c2cccc(N(C)C3CC[NH2+]CC3(F)F)c2CCN1C(=O)C(C#N)=CC(C)(C)C.O=C([O-])C(F)(F)F. The average Bonchev–Trinajstić information content (AvgIpc) is 2.80. The maximum Gasteiger partial charge on any atom is 0.430 e. The van der Waals surface area contributed by atoms with Gasteiger partial charge in [-0.15, -0.1) is 0 Å². The summed E-state index contributed by atoms with van der Waals surface area (Å²) in [6, 6.07) is 6.72. The minimum Gasteiger partial charge on any atom is -0.542 e. The van der Waals surface area contributed by atoms with Gasteiger partial charge in [0.25, 0.3) is 5.91 Å². The molecule has 0 radical (unpaired) electrons. The number of hydrogen-bond donors (Lipinski definition) is 1. The lowest BCUT2D eigenvalue weighted by Crippen LogP contribution is -2.92.